The summed E-state index contributed by atoms with van der Waals surface area (Å²) in [6.07, 6.45) is 2.95. The zero-order chi connectivity index (χ0) is 17.2. The van der Waals surface area contributed by atoms with Crippen molar-refractivity contribution in [3.8, 4) is 11.1 Å². The summed E-state index contributed by atoms with van der Waals surface area (Å²) in [5.41, 5.74) is 7.95. The van der Waals surface area contributed by atoms with E-state index in [4.69, 9.17) is 5.73 Å². The molecule has 0 spiro atoms. The SMILES string of the molecule is N[C@@H](CC1CC1)C(=O)N[SH](=O)(I)c1cccc(-c2ccccc2)c1. The summed E-state index contributed by atoms with van der Waals surface area (Å²) in [5.74, 6) is 0.227. The highest BCUT2D eigenvalue weighted by molar-refractivity contribution is 14.2. The number of nitrogens with two attached hydrogens (primary N) is 1. The Morgan fingerprint density at radius 2 is 1.83 bits per heavy atom. The summed E-state index contributed by atoms with van der Waals surface area (Å²) in [6.45, 7) is 0. The zero-order valence-electron chi connectivity index (χ0n) is 13.2. The molecule has 3 N–H and O–H groups in total. The van der Waals surface area contributed by atoms with Crippen LogP contribution < -0.4 is 10.5 Å². The number of nitrogens with one attached hydrogen (secondary N) is 1. The molecule has 128 valence electrons. The molecule has 0 aromatic heterocycles. The lowest BCUT2D eigenvalue weighted by atomic mass is 10.1. The van der Waals surface area contributed by atoms with Crippen LogP contribution in [0.4, 0.5) is 0 Å². The maximum Gasteiger partial charge on any atom is 0.247 e. The highest BCUT2D eigenvalue weighted by Gasteiger charge is 2.28. The molecule has 1 amide bonds. The number of carbonyl (C=O) groups is 1. The molecule has 1 atom stereocenters. The molecule has 1 fully saturated rings. The Balaban J connectivity index is 1.76. The molecule has 2 aromatic carbocycles. The van der Waals surface area contributed by atoms with E-state index in [1.165, 1.54) is 0 Å². The van der Waals surface area contributed by atoms with Crippen molar-refractivity contribution < 1.29 is 9.00 Å². The second kappa shape index (κ2) is 7.33. The third-order valence-electron chi connectivity index (χ3n) is 4.16. The molecule has 0 radical (unpaired) electrons. The second-order valence-corrected chi connectivity index (χ2v) is 12.1. The van der Waals surface area contributed by atoms with E-state index in [1.54, 1.807) is 6.07 Å². The van der Waals surface area contributed by atoms with Crippen molar-refractivity contribution in [3.63, 3.8) is 0 Å². The molecule has 2 aromatic rings. The van der Waals surface area contributed by atoms with Crippen LogP contribution in [-0.4, -0.2) is 16.2 Å². The Bertz CT molecular complexity index is 778. The van der Waals surface area contributed by atoms with Crippen molar-refractivity contribution in [1.82, 2.24) is 4.72 Å². The van der Waals surface area contributed by atoms with Gasteiger partial charge in [0.2, 0.25) is 5.91 Å². The van der Waals surface area contributed by atoms with E-state index in [9.17, 15) is 9.00 Å². The number of benzene rings is 2. The predicted octanol–water partition coefficient (Wildman–Crippen LogP) is 3.24. The Morgan fingerprint density at radius 1 is 1.17 bits per heavy atom. The second-order valence-electron chi connectivity index (χ2n) is 6.21. The van der Waals surface area contributed by atoms with Crippen molar-refractivity contribution in [2.75, 3.05) is 0 Å². The van der Waals surface area contributed by atoms with Gasteiger partial charge in [-0.25, -0.2) is 0 Å². The van der Waals surface area contributed by atoms with Crippen LogP contribution in [0, 0.1) is 5.92 Å². The van der Waals surface area contributed by atoms with E-state index in [0.717, 1.165) is 24.0 Å². The highest BCUT2D eigenvalue weighted by atomic mass is 127. The molecule has 24 heavy (non-hydrogen) atoms. The van der Waals surface area contributed by atoms with Crippen LogP contribution in [0.5, 0.6) is 0 Å². The van der Waals surface area contributed by atoms with Gasteiger partial charge in [-0.2, -0.15) is 0 Å². The van der Waals surface area contributed by atoms with Gasteiger partial charge in [0.15, 0.2) is 0 Å². The summed E-state index contributed by atoms with van der Waals surface area (Å²) >= 11 is 1.84. The van der Waals surface area contributed by atoms with E-state index in [-0.39, 0.29) is 5.91 Å². The average Bonchev–Trinajstić information content (AvgIpc) is 3.39. The van der Waals surface area contributed by atoms with Crippen LogP contribution >= 0.6 is 21.2 Å². The molecular formula is C18H21IN2O2S. The van der Waals surface area contributed by atoms with Gasteiger partial charge in [-0.1, -0.05) is 55.3 Å². The van der Waals surface area contributed by atoms with Gasteiger partial charge in [-0.3, -0.25) is 13.7 Å². The molecule has 4 nitrogen and oxygen atoms in total. The third kappa shape index (κ3) is 4.43. The Labute approximate surface area is 155 Å². The molecule has 0 bridgehead atoms. The van der Waals surface area contributed by atoms with Gasteiger partial charge in [0.1, 0.15) is 0 Å². The first-order valence-corrected chi connectivity index (χ1v) is 12.5. The molecule has 0 aliphatic heterocycles. The number of carbonyl (C=O) groups excluding carboxylic acids is 1. The molecular weight excluding hydrogens is 435 g/mol. The lowest BCUT2D eigenvalue weighted by Crippen LogP contribution is -2.44. The van der Waals surface area contributed by atoms with Gasteiger partial charge in [-0.05, 0) is 35.6 Å². The monoisotopic (exact) mass is 456 g/mol. The predicted molar refractivity (Wildman–Crippen MR) is 107 cm³/mol. The largest absolute Gasteiger partial charge is 0.320 e. The minimum atomic E-state index is -3.03. The first-order valence-electron chi connectivity index (χ1n) is 7.99. The van der Waals surface area contributed by atoms with Crippen molar-refractivity contribution in [1.29, 1.82) is 0 Å². The van der Waals surface area contributed by atoms with Crippen LogP contribution in [0.3, 0.4) is 0 Å². The van der Waals surface area contributed by atoms with E-state index in [2.05, 4.69) is 4.72 Å². The van der Waals surface area contributed by atoms with Crippen molar-refractivity contribution >= 4 is 34.4 Å². The summed E-state index contributed by atoms with van der Waals surface area (Å²) < 4.78 is 15.7. The van der Waals surface area contributed by atoms with Gasteiger partial charge in [0.25, 0.3) is 0 Å². The van der Waals surface area contributed by atoms with Crippen molar-refractivity contribution in [2.24, 2.45) is 11.7 Å². The highest BCUT2D eigenvalue weighted by Crippen LogP contribution is 2.33. The number of rotatable bonds is 6. The lowest BCUT2D eigenvalue weighted by molar-refractivity contribution is -0.120. The van der Waals surface area contributed by atoms with Crippen LogP contribution in [0.2, 0.25) is 0 Å². The first kappa shape index (κ1) is 17.6. The molecule has 0 heterocycles. The van der Waals surface area contributed by atoms with Crippen LogP contribution in [-0.2, 0) is 12.1 Å². The molecule has 6 heteroatoms. The number of thiol groups is 1. The minimum absolute atomic E-state index is 0.329. The standard InChI is InChI=1S/C18H21IN2O2S/c19-24(23,21-18(22)17(20)11-13-9-10-13)16-8-4-7-15(12-16)14-5-2-1-3-6-14/h1-8,12-13,17,24H,9-11,20H2,(H,21,22,23)/t17-/m0/s1. The molecule has 3 rings (SSSR count). The zero-order valence-corrected chi connectivity index (χ0v) is 16.2. The van der Waals surface area contributed by atoms with E-state index in [0.29, 0.717) is 17.2 Å². The van der Waals surface area contributed by atoms with Crippen LogP contribution in [0.25, 0.3) is 11.1 Å². The summed E-state index contributed by atoms with van der Waals surface area (Å²) in [4.78, 5) is 12.9. The summed E-state index contributed by atoms with van der Waals surface area (Å²) in [6, 6.07) is 16.8. The number of hydrogen-bond acceptors (Lipinski definition) is 3. The molecule has 0 saturated heterocycles. The van der Waals surface area contributed by atoms with Crippen molar-refractivity contribution in [2.45, 2.75) is 30.2 Å². The van der Waals surface area contributed by atoms with Gasteiger partial charge in [0, 0.05) is 33.4 Å². The van der Waals surface area contributed by atoms with Gasteiger partial charge in [-0.15, -0.1) is 0 Å². The summed E-state index contributed by atoms with van der Waals surface area (Å²) in [7, 11) is -3.03. The maximum atomic E-state index is 13.0. The molecule has 1 aliphatic rings. The Kier molecular flexibility index (Phi) is 5.36. The number of halogens is 1. The minimum Gasteiger partial charge on any atom is -0.320 e. The van der Waals surface area contributed by atoms with Crippen LogP contribution in [0.1, 0.15) is 19.3 Å². The van der Waals surface area contributed by atoms with E-state index in [1.807, 2.05) is 69.7 Å². The lowest BCUT2D eigenvalue weighted by Gasteiger charge is -2.22. The molecule has 1 aliphatic carbocycles. The summed E-state index contributed by atoms with van der Waals surface area (Å²) in [5, 5.41) is 0. The van der Waals surface area contributed by atoms with Gasteiger partial charge < -0.3 is 5.73 Å². The van der Waals surface area contributed by atoms with Gasteiger partial charge >= 0.3 is 0 Å². The smallest absolute Gasteiger partial charge is 0.247 e. The molecule has 1 saturated carbocycles. The first-order chi connectivity index (χ1) is 11.5. The fraction of sp³-hybridized carbons (Fsp3) is 0.278. The Morgan fingerprint density at radius 3 is 2.50 bits per heavy atom. The number of amides is 1. The van der Waals surface area contributed by atoms with E-state index < -0.39 is 13.3 Å². The number of hydrogen-bond donors (Lipinski definition) is 3. The third-order valence-corrected chi connectivity index (χ3v) is 8.01. The fourth-order valence-corrected chi connectivity index (χ4v) is 5.38. The normalized spacial score (nSPS) is 16.4. The van der Waals surface area contributed by atoms with Gasteiger partial charge in [0.05, 0.1) is 6.04 Å². The quantitative estimate of drug-likeness (QED) is 0.355. The van der Waals surface area contributed by atoms with E-state index >= 15 is 0 Å². The molecule has 0 unspecified atom stereocenters. The Hall–Kier alpha value is -1.25. The fourth-order valence-electron chi connectivity index (χ4n) is 2.60. The van der Waals surface area contributed by atoms with Crippen molar-refractivity contribution in [3.05, 3.63) is 54.6 Å². The maximum absolute atomic E-state index is 13.0. The van der Waals surface area contributed by atoms with Crippen LogP contribution in [0.15, 0.2) is 59.5 Å². The topological polar surface area (TPSA) is 72.2 Å². The average molecular weight is 456 g/mol.